The van der Waals surface area contributed by atoms with Gasteiger partial charge in [0.25, 0.3) is 0 Å². The van der Waals surface area contributed by atoms with Gasteiger partial charge in [-0.1, -0.05) is 79.2 Å². The fraction of sp³-hybridized carbons (Fsp3) is 0.259. The molecule has 8 heteroatoms. The maximum absolute atomic E-state index is 12.9. The minimum atomic E-state index is -3.84. The van der Waals surface area contributed by atoms with Gasteiger partial charge in [-0.3, -0.25) is 9.59 Å². The Kier molecular flexibility index (Phi) is 7.63. The van der Waals surface area contributed by atoms with Crippen molar-refractivity contribution in [2.24, 2.45) is 17.0 Å². The predicted molar refractivity (Wildman–Crippen MR) is 134 cm³/mol. The van der Waals surface area contributed by atoms with Crippen molar-refractivity contribution in [2.75, 3.05) is 0 Å². The summed E-state index contributed by atoms with van der Waals surface area (Å²) < 4.78 is 23.8. The van der Waals surface area contributed by atoms with Gasteiger partial charge in [0.2, 0.25) is 21.8 Å². The van der Waals surface area contributed by atoms with Crippen molar-refractivity contribution in [3.05, 3.63) is 90.0 Å². The van der Waals surface area contributed by atoms with Crippen LogP contribution in [-0.2, 0) is 32.7 Å². The SMILES string of the molecule is NS(=O)(=O)c1ccccc1-c1ccc(CNC(=O)C2CCC[C@H]2C(=O)NCc2ccccc2)cc1. The highest BCUT2D eigenvalue weighted by atomic mass is 32.2. The van der Waals surface area contributed by atoms with Gasteiger partial charge in [-0.05, 0) is 35.6 Å². The number of carbonyl (C=O) groups is 2. The van der Waals surface area contributed by atoms with E-state index in [1.54, 1.807) is 30.3 Å². The molecule has 7 nitrogen and oxygen atoms in total. The van der Waals surface area contributed by atoms with E-state index in [1.807, 2.05) is 42.5 Å². The highest BCUT2D eigenvalue weighted by molar-refractivity contribution is 7.89. The zero-order valence-corrected chi connectivity index (χ0v) is 20.1. The van der Waals surface area contributed by atoms with Crippen LogP contribution in [0.3, 0.4) is 0 Å². The van der Waals surface area contributed by atoms with Gasteiger partial charge in [0.15, 0.2) is 0 Å². The van der Waals surface area contributed by atoms with E-state index in [1.165, 1.54) is 6.07 Å². The van der Waals surface area contributed by atoms with Crippen molar-refractivity contribution in [1.29, 1.82) is 0 Å². The number of primary sulfonamides is 1. The van der Waals surface area contributed by atoms with Gasteiger partial charge in [-0.2, -0.15) is 0 Å². The first kappa shape index (κ1) is 24.6. The Morgan fingerprint density at radius 3 is 1.83 bits per heavy atom. The van der Waals surface area contributed by atoms with Crippen LogP contribution >= 0.6 is 0 Å². The van der Waals surface area contributed by atoms with Crippen LogP contribution in [0.25, 0.3) is 11.1 Å². The van der Waals surface area contributed by atoms with E-state index in [2.05, 4.69) is 10.6 Å². The first-order valence-corrected chi connectivity index (χ1v) is 13.2. The highest BCUT2D eigenvalue weighted by Crippen LogP contribution is 2.32. The van der Waals surface area contributed by atoms with Crippen LogP contribution in [0, 0.1) is 11.8 Å². The van der Waals surface area contributed by atoms with E-state index in [0.717, 1.165) is 23.1 Å². The van der Waals surface area contributed by atoms with Crippen LogP contribution in [-0.4, -0.2) is 20.2 Å². The summed E-state index contributed by atoms with van der Waals surface area (Å²) >= 11 is 0. The van der Waals surface area contributed by atoms with Crippen molar-refractivity contribution in [1.82, 2.24) is 10.6 Å². The van der Waals surface area contributed by atoms with Crippen LogP contribution in [0.15, 0.2) is 83.8 Å². The molecule has 0 bridgehead atoms. The van der Waals surface area contributed by atoms with Crippen LogP contribution in [0.2, 0.25) is 0 Å². The molecule has 182 valence electrons. The van der Waals surface area contributed by atoms with Gasteiger partial charge in [-0.15, -0.1) is 0 Å². The molecule has 4 N–H and O–H groups in total. The second-order valence-corrected chi connectivity index (χ2v) is 10.3. The lowest BCUT2D eigenvalue weighted by molar-refractivity contribution is -0.133. The van der Waals surface area contributed by atoms with E-state index >= 15 is 0 Å². The molecule has 0 radical (unpaired) electrons. The van der Waals surface area contributed by atoms with Crippen LogP contribution in [0.5, 0.6) is 0 Å². The molecule has 35 heavy (non-hydrogen) atoms. The molecule has 2 atom stereocenters. The molecule has 0 aromatic heterocycles. The smallest absolute Gasteiger partial charge is 0.238 e. The summed E-state index contributed by atoms with van der Waals surface area (Å²) in [6.07, 6.45) is 2.25. The van der Waals surface area contributed by atoms with E-state index in [0.29, 0.717) is 31.5 Å². The Labute approximate surface area is 205 Å². The third-order valence-electron chi connectivity index (χ3n) is 6.42. The average Bonchev–Trinajstić information content (AvgIpc) is 3.37. The molecule has 0 spiro atoms. The number of hydrogen-bond acceptors (Lipinski definition) is 4. The third-order valence-corrected chi connectivity index (χ3v) is 7.39. The first-order chi connectivity index (χ1) is 16.8. The lowest BCUT2D eigenvalue weighted by atomic mass is 9.94. The van der Waals surface area contributed by atoms with Crippen LogP contribution in [0.1, 0.15) is 30.4 Å². The first-order valence-electron chi connectivity index (χ1n) is 11.6. The van der Waals surface area contributed by atoms with Gasteiger partial charge in [-0.25, -0.2) is 13.6 Å². The number of carbonyl (C=O) groups excluding carboxylic acids is 2. The summed E-state index contributed by atoms with van der Waals surface area (Å²) in [5.41, 5.74) is 3.14. The largest absolute Gasteiger partial charge is 0.352 e. The van der Waals surface area contributed by atoms with Crippen molar-refractivity contribution in [3.8, 4) is 11.1 Å². The Balaban J connectivity index is 1.35. The molecule has 1 saturated carbocycles. The standard InChI is InChI=1S/C27H29N3O4S/c28-35(33,34)25-12-5-4-9-22(25)21-15-13-20(14-16-21)18-30-27(32)24-11-6-10-23(24)26(31)29-17-19-7-2-1-3-8-19/h1-5,7-9,12-16,23-24H,6,10-11,17-18H2,(H,29,31)(H,30,32)(H2,28,33,34)/t23-,24?/m1/s1. The van der Waals surface area contributed by atoms with Crippen molar-refractivity contribution >= 4 is 21.8 Å². The number of sulfonamides is 1. The summed E-state index contributed by atoms with van der Waals surface area (Å²) in [6.45, 7) is 0.774. The lowest BCUT2D eigenvalue weighted by Crippen LogP contribution is -2.39. The monoisotopic (exact) mass is 491 g/mol. The minimum absolute atomic E-state index is 0.0684. The highest BCUT2D eigenvalue weighted by Gasteiger charge is 2.37. The van der Waals surface area contributed by atoms with Gasteiger partial charge in [0.1, 0.15) is 0 Å². The van der Waals surface area contributed by atoms with E-state index < -0.39 is 10.0 Å². The number of rotatable bonds is 8. The predicted octanol–water partition coefficient (Wildman–Crippen LogP) is 3.35. The Hall–Kier alpha value is -3.49. The maximum atomic E-state index is 12.9. The Bertz CT molecular complexity index is 1290. The summed E-state index contributed by atoms with van der Waals surface area (Å²) in [5, 5.41) is 11.3. The van der Waals surface area contributed by atoms with E-state index in [9.17, 15) is 18.0 Å². The normalized spacial score (nSPS) is 17.6. The Morgan fingerprint density at radius 2 is 1.26 bits per heavy atom. The average molecular weight is 492 g/mol. The summed E-state index contributed by atoms with van der Waals surface area (Å²) in [5.74, 6) is -0.863. The fourth-order valence-electron chi connectivity index (χ4n) is 4.58. The molecule has 0 heterocycles. The topological polar surface area (TPSA) is 118 Å². The number of amides is 2. The zero-order chi connectivity index (χ0) is 24.8. The molecule has 3 aromatic carbocycles. The van der Waals surface area contributed by atoms with Gasteiger partial charge in [0.05, 0.1) is 4.90 Å². The third kappa shape index (κ3) is 6.15. The van der Waals surface area contributed by atoms with Crippen molar-refractivity contribution in [2.45, 2.75) is 37.2 Å². The van der Waals surface area contributed by atoms with Crippen molar-refractivity contribution < 1.29 is 18.0 Å². The number of nitrogens with one attached hydrogen (secondary N) is 2. The number of nitrogens with two attached hydrogens (primary N) is 1. The number of hydrogen-bond donors (Lipinski definition) is 3. The van der Waals surface area contributed by atoms with Crippen LogP contribution in [0.4, 0.5) is 0 Å². The van der Waals surface area contributed by atoms with Crippen LogP contribution < -0.4 is 15.8 Å². The molecule has 1 unspecified atom stereocenters. The molecule has 1 fully saturated rings. The zero-order valence-electron chi connectivity index (χ0n) is 19.3. The minimum Gasteiger partial charge on any atom is -0.352 e. The molecular formula is C27H29N3O4S. The molecular weight excluding hydrogens is 462 g/mol. The second-order valence-electron chi connectivity index (χ2n) is 8.80. The Morgan fingerprint density at radius 1 is 0.743 bits per heavy atom. The molecule has 4 rings (SSSR count). The van der Waals surface area contributed by atoms with Gasteiger partial charge in [0, 0.05) is 30.5 Å². The van der Waals surface area contributed by atoms with Crippen molar-refractivity contribution in [3.63, 3.8) is 0 Å². The molecule has 2 amide bonds. The fourth-order valence-corrected chi connectivity index (χ4v) is 5.34. The second kappa shape index (κ2) is 10.8. The maximum Gasteiger partial charge on any atom is 0.238 e. The summed E-state index contributed by atoms with van der Waals surface area (Å²) in [4.78, 5) is 25.7. The molecule has 0 aliphatic heterocycles. The van der Waals surface area contributed by atoms with Gasteiger partial charge < -0.3 is 10.6 Å². The summed E-state index contributed by atoms with van der Waals surface area (Å²) in [7, 11) is -3.84. The molecule has 0 saturated heterocycles. The van der Waals surface area contributed by atoms with E-state index in [4.69, 9.17) is 5.14 Å². The quantitative estimate of drug-likeness (QED) is 0.448. The summed E-state index contributed by atoms with van der Waals surface area (Å²) in [6, 6.07) is 23.6. The molecule has 1 aliphatic carbocycles. The van der Waals surface area contributed by atoms with Gasteiger partial charge >= 0.3 is 0 Å². The number of benzene rings is 3. The molecule has 3 aromatic rings. The van der Waals surface area contributed by atoms with E-state index in [-0.39, 0.29) is 28.5 Å². The lowest BCUT2D eigenvalue weighted by Gasteiger charge is -2.19. The molecule has 1 aliphatic rings.